The maximum Gasteiger partial charge on any atom is 0.0639 e. The van der Waals surface area contributed by atoms with Crippen molar-refractivity contribution in [3.05, 3.63) is 35.4 Å². The summed E-state index contributed by atoms with van der Waals surface area (Å²) in [6.45, 7) is 6.68. The first-order valence-corrected chi connectivity index (χ1v) is 6.24. The van der Waals surface area contributed by atoms with Crippen molar-refractivity contribution in [1.82, 2.24) is 4.90 Å². The van der Waals surface area contributed by atoms with E-state index in [1.165, 1.54) is 24.0 Å². The number of hydrogen-bond donors (Lipinski definition) is 1. The molecule has 1 unspecified atom stereocenters. The Kier molecular flexibility index (Phi) is 3.62. The van der Waals surface area contributed by atoms with Gasteiger partial charge in [-0.2, -0.15) is 0 Å². The molecule has 0 spiro atoms. The van der Waals surface area contributed by atoms with Crippen LogP contribution in [-0.4, -0.2) is 24.2 Å². The molecule has 1 saturated heterocycles. The highest BCUT2D eigenvalue weighted by Gasteiger charge is 2.24. The first-order chi connectivity index (χ1) is 7.68. The van der Waals surface area contributed by atoms with Gasteiger partial charge in [-0.3, -0.25) is 4.90 Å². The molecule has 1 heterocycles. The molecule has 1 aromatic rings. The number of likely N-dealkylation sites (tertiary alicyclic amines) is 1. The lowest BCUT2D eigenvalue weighted by atomic mass is 9.97. The Morgan fingerprint density at radius 2 is 1.69 bits per heavy atom. The number of rotatable bonds is 3. The zero-order valence-corrected chi connectivity index (χ0v) is 10.3. The molecule has 88 valence electrons. The van der Waals surface area contributed by atoms with Crippen molar-refractivity contribution in [2.24, 2.45) is 5.73 Å². The van der Waals surface area contributed by atoms with Gasteiger partial charge < -0.3 is 5.73 Å². The number of hydrogen-bond acceptors (Lipinski definition) is 2. The molecule has 0 aromatic heterocycles. The molecule has 0 aliphatic carbocycles. The number of nitrogens with two attached hydrogens (primary N) is 1. The minimum Gasteiger partial charge on any atom is -0.315 e. The Morgan fingerprint density at radius 3 is 2.25 bits per heavy atom. The molecular formula is C14H22N2. The summed E-state index contributed by atoms with van der Waals surface area (Å²) in [6, 6.07) is 8.75. The van der Waals surface area contributed by atoms with Gasteiger partial charge in [0.1, 0.15) is 0 Å². The minimum atomic E-state index is 0.171. The van der Waals surface area contributed by atoms with Crippen LogP contribution in [0.1, 0.15) is 36.8 Å². The van der Waals surface area contributed by atoms with Crippen LogP contribution in [-0.2, 0) is 0 Å². The summed E-state index contributed by atoms with van der Waals surface area (Å²) >= 11 is 0. The molecule has 1 aromatic carbocycles. The predicted molar refractivity (Wildman–Crippen MR) is 68.4 cm³/mol. The smallest absolute Gasteiger partial charge is 0.0639 e. The Balaban J connectivity index is 2.05. The molecule has 0 amide bonds. The molecule has 16 heavy (non-hydrogen) atoms. The summed E-state index contributed by atoms with van der Waals surface area (Å²) in [4.78, 5) is 2.41. The van der Waals surface area contributed by atoms with Gasteiger partial charge >= 0.3 is 0 Å². The fourth-order valence-electron chi connectivity index (χ4n) is 2.42. The predicted octanol–water partition coefficient (Wildman–Crippen LogP) is 2.48. The van der Waals surface area contributed by atoms with Gasteiger partial charge in [0.25, 0.3) is 0 Å². The highest BCUT2D eigenvalue weighted by Crippen LogP contribution is 2.23. The summed E-state index contributed by atoms with van der Waals surface area (Å²) in [5.41, 5.74) is 8.98. The first-order valence-electron chi connectivity index (χ1n) is 6.24. The van der Waals surface area contributed by atoms with Gasteiger partial charge in [-0.25, -0.2) is 0 Å². The van der Waals surface area contributed by atoms with E-state index in [1.807, 2.05) is 0 Å². The fraction of sp³-hybridized carbons (Fsp3) is 0.571. The average Bonchev–Trinajstić information content (AvgIpc) is 2.81. The molecule has 0 bridgehead atoms. The fourth-order valence-corrected chi connectivity index (χ4v) is 2.42. The van der Waals surface area contributed by atoms with Gasteiger partial charge in [0.15, 0.2) is 0 Å². The van der Waals surface area contributed by atoms with Crippen molar-refractivity contribution < 1.29 is 0 Å². The second-order valence-corrected chi connectivity index (χ2v) is 4.93. The molecule has 1 aliphatic heterocycles. The van der Waals surface area contributed by atoms with Crippen molar-refractivity contribution >= 4 is 0 Å². The lowest BCUT2D eigenvalue weighted by Crippen LogP contribution is -2.43. The van der Waals surface area contributed by atoms with Crippen LogP contribution >= 0.6 is 0 Å². The second-order valence-electron chi connectivity index (χ2n) is 4.93. The molecule has 2 heteroatoms. The molecule has 1 aliphatic rings. The van der Waals surface area contributed by atoms with Crippen molar-refractivity contribution in [1.29, 1.82) is 0 Å². The van der Waals surface area contributed by atoms with E-state index in [2.05, 4.69) is 43.0 Å². The van der Waals surface area contributed by atoms with Gasteiger partial charge in [0, 0.05) is 5.92 Å². The van der Waals surface area contributed by atoms with Crippen LogP contribution in [0.15, 0.2) is 24.3 Å². The van der Waals surface area contributed by atoms with E-state index in [0.717, 1.165) is 13.1 Å². The summed E-state index contributed by atoms with van der Waals surface area (Å²) in [5.74, 6) is 0.415. The number of benzene rings is 1. The molecule has 2 nitrogen and oxygen atoms in total. The molecule has 2 N–H and O–H groups in total. The maximum absolute atomic E-state index is 6.32. The topological polar surface area (TPSA) is 29.3 Å². The Hall–Kier alpha value is -0.860. The quantitative estimate of drug-likeness (QED) is 0.844. The van der Waals surface area contributed by atoms with Crippen molar-refractivity contribution in [3.63, 3.8) is 0 Å². The Morgan fingerprint density at radius 1 is 1.12 bits per heavy atom. The van der Waals surface area contributed by atoms with E-state index in [0.29, 0.717) is 5.92 Å². The SMILES string of the molecule is Cc1ccc([C@H](C)C(N)N2CCCC2)cc1. The van der Waals surface area contributed by atoms with Gasteiger partial charge in [-0.15, -0.1) is 0 Å². The van der Waals surface area contributed by atoms with Crippen LogP contribution in [0.5, 0.6) is 0 Å². The molecule has 0 radical (unpaired) electrons. The van der Waals surface area contributed by atoms with Crippen LogP contribution in [0.4, 0.5) is 0 Å². The van der Waals surface area contributed by atoms with Gasteiger partial charge in [-0.05, 0) is 38.4 Å². The average molecular weight is 218 g/mol. The first kappa shape index (κ1) is 11.6. The third-order valence-electron chi connectivity index (χ3n) is 3.68. The summed E-state index contributed by atoms with van der Waals surface area (Å²) in [5, 5.41) is 0. The van der Waals surface area contributed by atoms with Crippen LogP contribution in [0.3, 0.4) is 0 Å². The van der Waals surface area contributed by atoms with Crippen molar-refractivity contribution in [3.8, 4) is 0 Å². The van der Waals surface area contributed by atoms with E-state index in [4.69, 9.17) is 5.73 Å². The van der Waals surface area contributed by atoms with Crippen LogP contribution in [0, 0.1) is 6.92 Å². The Labute approximate surface area is 98.4 Å². The third-order valence-corrected chi connectivity index (χ3v) is 3.68. The standard InChI is InChI=1S/C14H22N2/c1-11-5-7-13(8-6-11)12(2)14(15)16-9-3-4-10-16/h5-8,12,14H,3-4,9-10,15H2,1-2H3/t12-,14?/m0/s1. The molecule has 1 fully saturated rings. The summed E-state index contributed by atoms with van der Waals surface area (Å²) in [6.07, 6.45) is 2.77. The second kappa shape index (κ2) is 4.98. The van der Waals surface area contributed by atoms with Crippen molar-refractivity contribution in [2.75, 3.05) is 13.1 Å². The zero-order valence-electron chi connectivity index (χ0n) is 10.3. The minimum absolute atomic E-state index is 0.171. The van der Waals surface area contributed by atoms with Crippen LogP contribution in [0.2, 0.25) is 0 Å². The normalized spacial score (nSPS) is 20.9. The van der Waals surface area contributed by atoms with E-state index >= 15 is 0 Å². The maximum atomic E-state index is 6.32. The highest BCUT2D eigenvalue weighted by atomic mass is 15.2. The van der Waals surface area contributed by atoms with Gasteiger partial charge in [0.2, 0.25) is 0 Å². The summed E-state index contributed by atoms with van der Waals surface area (Å²) < 4.78 is 0. The van der Waals surface area contributed by atoms with Gasteiger partial charge in [-0.1, -0.05) is 36.8 Å². The van der Waals surface area contributed by atoms with E-state index < -0.39 is 0 Å². The monoisotopic (exact) mass is 218 g/mol. The zero-order chi connectivity index (χ0) is 11.5. The van der Waals surface area contributed by atoms with Gasteiger partial charge in [0.05, 0.1) is 6.17 Å². The molecule has 0 saturated carbocycles. The van der Waals surface area contributed by atoms with E-state index in [9.17, 15) is 0 Å². The van der Waals surface area contributed by atoms with E-state index in [1.54, 1.807) is 0 Å². The van der Waals surface area contributed by atoms with Crippen molar-refractivity contribution in [2.45, 2.75) is 38.8 Å². The molecule has 2 rings (SSSR count). The number of nitrogens with zero attached hydrogens (tertiary/aromatic N) is 1. The summed E-state index contributed by atoms with van der Waals surface area (Å²) in [7, 11) is 0. The molecule has 2 atom stereocenters. The van der Waals surface area contributed by atoms with Crippen LogP contribution < -0.4 is 5.73 Å². The number of aryl methyl sites for hydroxylation is 1. The van der Waals surface area contributed by atoms with Crippen LogP contribution in [0.25, 0.3) is 0 Å². The van der Waals surface area contributed by atoms with E-state index in [-0.39, 0.29) is 6.17 Å². The Bertz CT molecular complexity index is 325. The lowest BCUT2D eigenvalue weighted by molar-refractivity contribution is 0.221. The molecular weight excluding hydrogens is 196 g/mol. The largest absolute Gasteiger partial charge is 0.315 e. The lowest BCUT2D eigenvalue weighted by Gasteiger charge is -2.29. The third kappa shape index (κ3) is 2.45. The highest BCUT2D eigenvalue weighted by molar-refractivity contribution is 5.25.